The summed E-state index contributed by atoms with van der Waals surface area (Å²) < 4.78 is 40.4. The first kappa shape index (κ1) is 20.2. The maximum absolute atomic E-state index is 13.5. The van der Waals surface area contributed by atoms with E-state index in [4.69, 9.17) is 0 Å². The fraction of sp³-hybridized carbons (Fsp3) is 0.200. The first-order valence-corrected chi connectivity index (χ1v) is 10.9. The third-order valence-electron chi connectivity index (χ3n) is 4.20. The van der Waals surface area contributed by atoms with Gasteiger partial charge in [-0.2, -0.15) is 4.99 Å². The third-order valence-corrected chi connectivity index (χ3v) is 7.42. The van der Waals surface area contributed by atoms with Gasteiger partial charge in [-0.15, -0.1) is 6.58 Å². The van der Waals surface area contributed by atoms with Crippen molar-refractivity contribution in [2.45, 2.75) is 30.5 Å². The predicted molar refractivity (Wildman–Crippen MR) is 109 cm³/mol. The number of nitrogens with zero attached hydrogens (tertiary/aromatic N) is 2. The Labute approximate surface area is 166 Å². The summed E-state index contributed by atoms with van der Waals surface area (Å²) in [6.07, 6.45) is 1.67. The molecule has 0 aliphatic rings. The molecule has 3 rings (SSSR count). The van der Waals surface area contributed by atoms with Crippen LogP contribution in [0.4, 0.5) is 4.39 Å². The smallest absolute Gasteiger partial charge is 0.279 e. The van der Waals surface area contributed by atoms with Crippen molar-refractivity contribution in [2.75, 3.05) is 0 Å². The van der Waals surface area contributed by atoms with Gasteiger partial charge in [0.15, 0.2) is 14.6 Å². The summed E-state index contributed by atoms with van der Waals surface area (Å²) in [6, 6.07) is 10.1. The molecule has 1 aromatic heterocycles. The highest BCUT2D eigenvalue weighted by atomic mass is 32.2. The van der Waals surface area contributed by atoms with E-state index < -0.39 is 21.0 Å². The number of hydrogen-bond acceptors (Lipinski definition) is 4. The zero-order valence-corrected chi connectivity index (χ0v) is 17.1. The summed E-state index contributed by atoms with van der Waals surface area (Å²) in [5.74, 6) is -0.863. The van der Waals surface area contributed by atoms with Crippen LogP contribution >= 0.6 is 11.3 Å². The number of rotatable bonds is 5. The second-order valence-corrected chi connectivity index (χ2v) is 9.94. The molecule has 0 radical (unpaired) electrons. The first-order valence-electron chi connectivity index (χ1n) is 8.57. The Balaban J connectivity index is 2.03. The number of carbonyl (C=O) groups is 1. The van der Waals surface area contributed by atoms with Gasteiger partial charge in [0.05, 0.1) is 20.4 Å². The first-order chi connectivity index (χ1) is 13.2. The van der Waals surface area contributed by atoms with Gasteiger partial charge in [-0.25, -0.2) is 12.8 Å². The van der Waals surface area contributed by atoms with Gasteiger partial charge in [0.1, 0.15) is 5.82 Å². The lowest BCUT2D eigenvalue weighted by Crippen LogP contribution is -2.16. The van der Waals surface area contributed by atoms with Crippen molar-refractivity contribution in [3.05, 3.63) is 71.3 Å². The van der Waals surface area contributed by atoms with Crippen LogP contribution in [0.5, 0.6) is 0 Å². The van der Waals surface area contributed by atoms with Crippen molar-refractivity contribution < 1.29 is 17.6 Å². The van der Waals surface area contributed by atoms with E-state index in [-0.39, 0.29) is 16.3 Å². The minimum absolute atomic E-state index is 0.165. The number of fused-ring (bicyclic) bond motifs is 1. The van der Waals surface area contributed by atoms with Crippen molar-refractivity contribution in [1.82, 2.24) is 4.57 Å². The van der Waals surface area contributed by atoms with Gasteiger partial charge in [-0.1, -0.05) is 17.4 Å². The maximum atomic E-state index is 13.5. The zero-order valence-electron chi connectivity index (χ0n) is 15.4. The van der Waals surface area contributed by atoms with Crippen LogP contribution in [0.15, 0.2) is 65.0 Å². The molecule has 0 saturated heterocycles. The van der Waals surface area contributed by atoms with E-state index in [1.54, 1.807) is 30.6 Å². The standard InChI is InChI=1S/C20H19FN2O3S2/c1-4-11-23-17-10-7-15(21)12-18(17)27-20(23)22-19(24)14-5-8-16(9-6-14)28(25,26)13(2)3/h4-10,12-13H,1,11H2,2-3H3. The van der Waals surface area contributed by atoms with Crippen LogP contribution in [0.1, 0.15) is 24.2 Å². The van der Waals surface area contributed by atoms with Gasteiger partial charge in [0.25, 0.3) is 5.91 Å². The van der Waals surface area contributed by atoms with Crippen LogP contribution < -0.4 is 4.80 Å². The summed E-state index contributed by atoms with van der Waals surface area (Å²) in [4.78, 5) is 17.3. The summed E-state index contributed by atoms with van der Waals surface area (Å²) in [5.41, 5.74) is 1.03. The van der Waals surface area contributed by atoms with Crippen molar-refractivity contribution in [3.63, 3.8) is 0 Å². The molecule has 0 N–H and O–H groups in total. The molecule has 0 aliphatic heterocycles. The second-order valence-electron chi connectivity index (χ2n) is 6.43. The molecule has 146 valence electrons. The number of allylic oxidation sites excluding steroid dienone is 1. The number of sulfone groups is 1. The molecule has 0 saturated carbocycles. The monoisotopic (exact) mass is 418 g/mol. The molecule has 0 spiro atoms. The summed E-state index contributed by atoms with van der Waals surface area (Å²) >= 11 is 1.20. The lowest BCUT2D eigenvalue weighted by molar-refractivity contribution is 0.0998. The number of thiazole rings is 1. The quantitative estimate of drug-likeness (QED) is 0.589. The lowest BCUT2D eigenvalue weighted by Gasteiger charge is -2.07. The van der Waals surface area contributed by atoms with E-state index in [0.29, 0.717) is 16.0 Å². The second kappa shape index (κ2) is 7.81. The van der Waals surface area contributed by atoms with Crippen molar-refractivity contribution >= 4 is 37.3 Å². The Kier molecular flexibility index (Phi) is 5.62. The molecule has 8 heteroatoms. The largest absolute Gasteiger partial charge is 0.312 e. The minimum Gasteiger partial charge on any atom is -0.312 e. The molecular weight excluding hydrogens is 399 g/mol. The Morgan fingerprint density at radius 1 is 1.25 bits per heavy atom. The fourth-order valence-electron chi connectivity index (χ4n) is 2.65. The molecule has 0 fully saturated rings. The predicted octanol–water partition coefficient (Wildman–Crippen LogP) is 3.95. The summed E-state index contributed by atoms with van der Waals surface area (Å²) in [6.45, 7) is 7.34. The van der Waals surface area contributed by atoms with E-state index in [2.05, 4.69) is 11.6 Å². The Hall–Kier alpha value is -2.58. The normalized spacial score (nSPS) is 12.6. The maximum Gasteiger partial charge on any atom is 0.279 e. The van der Waals surface area contributed by atoms with Crippen molar-refractivity contribution in [3.8, 4) is 0 Å². The number of amides is 1. The molecule has 5 nitrogen and oxygen atoms in total. The SMILES string of the molecule is C=CCn1c(=NC(=O)c2ccc(S(=O)(=O)C(C)C)cc2)sc2cc(F)ccc21. The Morgan fingerprint density at radius 3 is 2.54 bits per heavy atom. The molecule has 0 aliphatic carbocycles. The number of benzene rings is 2. The van der Waals surface area contributed by atoms with Crippen LogP contribution in [0.3, 0.4) is 0 Å². The molecule has 0 bridgehead atoms. The van der Waals surface area contributed by atoms with Crippen molar-refractivity contribution in [1.29, 1.82) is 0 Å². The lowest BCUT2D eigenvalue weighted by atomic mass is 10.2. The molecule has 0 atom stereocenters. The van der Waals surface area contributed by atoms with Crippen LogP contribution in [0.2, 0.25) is 0 Å². The molecule has 2 aromatic carbocycles. The Morgan fingerprint density at radius 2 is 1.93 bits per heavy atom. The molecule has 0 unspecified atom stereocenters. The zero-order chi connectivity index (χ0) is 20.5. The average molecular weight is 419 g/mol. The van der Waals surface area contributed by atoms with Crippen molar-refractivity contribution in [2.24, 2.45) is 4.99 Å². The highest BCUT2D eigenvalue weighted by Crippen LogP contribution is 2.20. The average Bonchev–Trinajstić information content (AvgIpc) is 2.98. The highest BCUT2D eigenvalue weighted by Gasteiger charge is 2.19. The van der Waals surface area contributed by atoms with E-state index in [1.807, 2.05) is 0 Å². The number of aromatic nitrogens is 1. The van der Waals surface area contributed by atoms with E-state index in [1.165, 1.54) is 47.7 Å². The van der Waals surface area contributed by atoms with Gasteiger partial charge < -0.3 is 4.57 Å². The van der Waals surface area contributed by atoms with Crippen LogP contribution in [-0.4, -0.2) is 24.1 Å². The van der Waals surface area contributed by atoms with E-state index in [9.17, 15) is 17.6 Å². The van der Waals surface area contributed by atoms with Crippen LogP contribution in [-0.2, 0) is 16.4 Å². The van der Waals surface area contributed by atoms with Gasteiger partial charge in [0.2, 0.25) is 0 Å². The van der Waals surface area contributed by atoms with Crippen LogP contribution in [0, 0.1) is 5.82 Å². The number of carbonyl (C=O) groups excluding carboxylic acids is 1. The highest BCUT2D eigenvalue weighted by molar-refractivity contribution is 7.92. The molecule has 1 heterocycles. The molecule has 28 heavy (non-hydrogen) atoms. The fourth-order valence-corrected chi connectivity index (χ4v) is 4.77. The van der Waals surface area contributed by atoms with Gasteiger partial charge in [0, 0.05) is 12.1 Å². The molecule has 1 amide bonds. The minimum atomic E-state index is -3.40. The van der Waals surface area contributed by atoms with E-state index in [0.717, 1.165) is 5.52 Å². The summed E-state index contributed by atoms with van der Waals surface area (Å²) in [7, 11) is -3.40. The molecule has 3 aromatic rings. The van der Waals surface area contributed by atoms with Gasteiger partial charge in [-0.05, 0) is 56.3 Å². The van der Waals surface area contributed by atoms with E-state index >= 15 is 0 Å². The number of halogens is 1. The topological polar surface area (TPSA) is 68.5 Å². The third kappa shape index (κ3) is 3.83. The molecular formula is C20H19FN2O3S2. The number of hydrogen-bond donors (Lipinski definition) is 0. The van der Waals surface area contributed by atoms with Gasteiger partial charge in [-0.3, -0.25) is 4.79 Å². The van der Waals surface area contributed by atoms with Gasteiger partial charge >= 0.3 is 0 Å². The summed E-state index contributed by atoms with van der Waals surface area (Å²) in [5, 5.41) is -0.546. The van der Waals surface area contributed by atoms with Crippen LogP contribution in [0.25, 0.3) is 10.2 Å². The Bertz CT molecular complexity index is 1220.